The number of aliphatic carboxylic acids is 1. The normalized spacial score (nSPS) is 9.21. The van der Waals surface area contributed by atoms with Gasteiger partial charge in [0.15, 0.2) is 0 Å². The molecule has 5 heteroatoms. The number of carbonyl (C=O) groups is 1. The summed E-state index contributed by atoms with van der Waals surface area (Å²) in [4.78, 5) is 10.3. The third-order valence-electron chi connectivity index (χ3n) is 2.99. The molecule has 0 saturated heterocycles. The van der Waals surface area contributed by atoms with Crippen LogP contribution in [0.4, 0.5) is 0 Å². The molecule has 0 bridgehead atoms. The van der Waals surface area contributed by atoms with E-state index in [-0.39, 0.29) is 17.4 Å². The van der Waals surface area contributed by atoms with Crippen LogP contribution in [-0.2, 0) is 22.2 Å². The first-order valence-electron chi connectivity index (χ1n) is 7.16. The molecule has 0 spiro atoms. The Morgan fingerprint density at radius 3 is 1.42 bits per heavy atom. The summed E-state index contributed by atoms with van der Waals surface area (Å²) >= 11 is 3.64. The summed E-state index contributed by atoms with van der Waals surface area (Å²) < 4.78 is 6.47. The molecule has 0 saturated carbocycles. The molecule has 116 valence electrons. The van der Waals surface area contributed by atoms with Crippen LogP contribution < -0.4 is 0 Å². The molecule has 0 rings (SSSR count). The molecule has 0 unspecified atom stereocenters. The maximum Gasteiger partial charge on any atom is 0.303 e. The van der Waals surface area contributed by atoms with Crippen molar-refractivity contribution in [3.05, 3.63) is 0 Å². The SMILES string of the molecule is CCCCCCCCCCCCCC(=O)O.OCl.[Cr]. The van der Waals surface area contributed by atoms with Crippen LogP contribution in [0.2, 0.25) is 0 Å². The van der Waals surface area contributed by atoms with Gasteiger partial charge in [0.05, 0.1) is 11.9 Å². The van der Waals surface area contributed by atoms with E-state index in [1.165, 1.54) is 57.8 Å². The first kappa shape index (κ1) is 24.3. The van der Waals surface area contributed by atoms with E-state index in [0.29, 0.717) is 6.42 Å². The summed E-state index contributed by atoms with van der Waals surface area (Å²) in [5, 5.41) is 8.46. The van der Waals surface area contributed by atoms with Crippen molar-refractivity contribution >= 4 is 17.8 Å². The van der Waals surface area contributed by atoms with Gasteiger partial charge in [-0.1, -0.05) is 71.1 Å². The van der Waals surface area contributed by atoms with Crippen LogP contribution in [0.3, 0.4) is 0 Å². The average Bonchev–Trinajstić information content (AvgIpc) is 2.38. The van der Waals surface area contributed by atoms with E-state index < -0.39 is 5.97 Å². The van der Waals surface area contributed by atoms with Crippen LogP contribution in [0.1, 0.15) is 84.0 Å². The quantitative estimate of drug-likeness (QED) is 0.500. The van der Waals surface area contributed by atoms with Crippen molar-refractivity contribution in [1.29, 1.82) is 0 Å². The predicted octanol–water partition coefficient (Wildman–Crippen LogP) is 4.90. The number of rotatable bonds is 12. The van der Waals surface area contributed by atoms with Gasteiger partial charge in [-0.25, -0.2) is 0 Å². The Bertz CT molecular complexity index is 169. The first-order valence-corrected chi connectivity index (χ1v) is 7.50. The van der Waals surface area contributed by atoms with E-state index in [9.17, 15) is 4.79 Å². The second-order valence-electron chi connectivity index (χ2n) is 4.68. The Kier molecular flexibility index (Phi) is 29.8. The minimum atomic E-state index is -0.657. The largest absolute Gasteiger partial charge is 0.481 e. The molecule has 0 atom stereocenters. The molecule has 19 heavy (non-hydrogen) atoms. The van der Waals surface area contributed by atoms with Crippen LogP contribution in [-0.4, -0.2) is 15.7 Å². The number of hydrogen-bond donors (Lipinski definition) is 2. The van der Waals surface area contributed by atoms with Gasteiger partial charge in [-0.05, 0) is 6.42 Å². The first-order chi connectivity index (χ1) is 8.77. The van der Waals surface area contributed by atoms with E-state index in [1.807, 2.05) is 0 Å². The zero-order chi connectivity index (χ0) is 14.1. The molecule has 0 fully saturated rings. The fraction of sp³-hybridized carbons (Fsp3) is 0.929. The van der Waals surface area contributed by atoms with Crippen molar-refractivity contribution in [3.8, 4) is 0 Å². The third-order valence-corrected chi connectivity index (χ3v) is 2.99. The molecule has 2 N–H and O–H groups in total. The molecule has 0 aliphatic rings. The molecule has 3 nitrogen and oxygen atoms in total. The summed E-state index contributed by atoms with van der Waals surface area (Å²) in [7, 11) is 0. The zero-order valence-corrected chi connectivity index (χ0v) is 14.1. The minimum Gasteiger partial charge on any atom is -0.481 e. The zero-order valence-electron chi connectivity index (χ0n) is 12.1. The second kappa shape index (κ2) is 23.4. The fourth-order valence-electron chi connectivity index (χ4n) is 1.94. The van der Waals surface area contributed by atoms with Crippen LogP contribution in [0, 0.1) is 0 Å². The van der Waals surface area contributed by atoms with Gasteiger partial charge in [0.25, 0.3) is 0 Å². The molecular weight excluding hydrogens is 304 g/mol. The minimum absolute atomic E-state index is 0. The summed E-state index contributed by atoms with van der Waals surface area (Å²) in [5.74, 6) is -0.657. The second-order valence-corrected chi connectivity index (χ2v) is 4.68. The number of carboxylic acids is 1. The van der Waals surface area contributed by atoms with Gasteiger partial charge in [-0.3, -0.25) is 9.45 Å². The average molecular weight is 333 g/mol. The molecule has 0 aromatic heterocycles. The Morgan fingerprint density at radius 2 is 1.11 bits per heavy atom. The molecular formula is C14H29ClCrO3. The van der Waals surface area contributed by atoms with E-state index in [4.69, 9.17) is 9.77 Å². The van der Waals surface area contributed by atoms with Gasteiger partial charge in [0.1, 0.15) is 0 Å². The van der Waals surface area contributed by atoms with Crippen molar-refractivity contribution < 1.29 is 31.9 Å². The monoisotopic (exact) mass is 332 g/mol. The molecule has 0 aromatic rings. The van der Waals surface area contributed by atoms with Crippen molar-refractivity contribution in [2.24, 2.45) is 0 Å². The Labute approximate surface area is 134 Å². The predicted molar refractivity (Wildman–Crippen MR) is 76.8 cm³/mol. The number of carboxylic acid groups (broad SMARTS) is 1. The van der Waals surface area contributed by atoms with E-state index in [1.54, 1.807) is 0 Å². The molecule has 0 amide bonds. The Balaban J connectivity index is -0.000000809. The number of halogens is 1. The summed E-state index contributed by atoms with van der Waals surface area (Å²) in [6, 6.07) is 0. The van der Waals surface area contributed by atoms with E-state index >= 15 is 0 Å². The van der Waals surface area contributed by atoms with Crippen LogP contribution in [0.25, 0.3) is 0 Å². The molecule has 0 aromatic carbocycles. The van der Waals surface area contributed by atoms with Gasteiger partial charge in [0, 0.05) is 23.8 Å². The summed E-state index contributed by atoms with van der Waals surface area (Å²) in [6.45, 7) is 2.25. The van der Waals surface area contributed by atoms with Crippen molar-refractivity contribution in [2.45, 2.75) is 84.0 Å². The van der Waals surface area contributed by atoms with Gasteiger partial charge in [-0.15, -0.1) is 0 Å². The van der Waals surface area contributed by atoms with Gasteiger partial charge in [-0.2, -0.15) is 0 Å². The Hall–Kier alpha value is 0.252. The summed E-state index contributed by atoms with van der Waals surface area (Å²) in [5.41, 5.74) is 0. The van der Waals surface area contributed by atoms with Crippen molar-refractivity contribution in [2.75, 3.05) is 0 Å². The van der Waals surface area contributed by atoms with Gasteiger partial charge in [0.2, 0.25) is 0 Å². The van der Waals surface area contributed by atoms with Crippen LogP contribution in [0.5, 0.6) is 0 Å². The van der Waals surface area contributed by atoms with E-state index in [0.717, 1.165) is 12.8 Å². The fourth-order valence-corrected chi connectivity index (χ4v) is 1.94. The van der Waals surface area contributed by atoms with E-state index in [2.05, 4.69) is 18.8 Å². The smallest absolute Gasteiger partial charge is 0.303 e. The van der Waals surface area contributed by atoms with Gasteiger partial charge < -0.3 is 5.11 Å². The standard InChI is InChI=1S/C14H28O2.ClHO.Cr/c1-2-3-4-5-6-7-8-9-10-11-12-13-14(15)16;1-2;/h2-13H2,1H3,(H,15,16);2H;. The topological polar surface area (TPSA) is 57.5 Å². The maximum absolute atomic E-state index is 10.3. The van der Waals surface area contributed by atoms with Crippen molar-refractivity contribution in [1.82, 2.24) is 0 Å². The van der Waals surface area contributed by atoms with Gasteiger partial charge >= 0.3 is 5.97 Å². The third kappa shape index (κ3) is 27.5. The van der Waals surface area contributed by atoms with Crippen LogP contribution >= 0.6 is 11.9 Å². The van der Waals surface area contributed by atoms with Crippen molar-refractivity contribution in [3.63, 3.8) is 0 Å². The molecule has 0 heterocycles. The summed E-state index contributed by atoms with van der Waals surface area (Å²) in [6.07, 6.45) is 14.4. The molecule has 0 aliphatic carbocycles. The molecule has 0 aliphatic heterocycles. The number of unbranched alkanes of at least 4 members (excludes halogenated alkanes) is 10. The Morgan fingerprint density at radius 1 is 0.789 bits per heavy atom. The number of hydrogen-bond acceptors (Lipinski definition) is 2. The maximum atomic E-state index is 10.3. The van der Waals surface area contributed by atoms with Crippen LogP contribution in [0.15, 0.2) is 0 Å². The molecule has 0 radical (unpaired) electrons.